The first-order valence-corrected chi connectivity index (χ1v) is 10.5. The number of amides is 1. The van der Waals surface area contributed by atoms with Gasteiger partial charge in [-0.2, -0.15) is 5.26 Å². The molecule has 3 aromatic rings. The van der Waals surface area contributed by atoms with Gasteiger partial charge in [-0.3, -0.25) is 4.79 Å². The molecule has 2 aromatic carbocycles. The van der Waals surface area contributed by atoms with E-state index < -0.39 is 17.0 Å². The maximum Gasteiger partial charge on any atom is 0.240 e. The van der Waals surface area contributed by atoms with Crippen LogP contribution in [-0.4, -0.2) is 15.5 Å². The highest BCUT2D eigenvalue weighted by Crippen LogP contribution is 2.39. The number of aromatic nitrogens is 2. The number of hydrogen-bond acceptors (Lipinski definition) is 3. The van der Waals surface area contributed by atoms with Gasteiger partial charge < -0.3 is 9.88 Å². The van der Waals surface area contributed by atoms with Crippen LogP contribution in [-0.2, 0) is 16.8 Å². The predicted octanol–water partition coefficient (Wildman–Crippen LogP) is 4.92. The highest BCUT2D eigenvalue weighted by Gasteiger charge is 2.33. The number of imidazole rings is 1. The van der Waals surface area contributed by atoms with E-state index in [0.29, 0.717) is 5.52 Å². The topological polar surface area (TPSA) is 70.7 Å². The lowest BCUT2D eigenvalue weighted by molar-refractivity contribution is -0.122. The summed E-state index contributed by atoms with van der Waals surface area (Å²) < 4.78 is 29.0. The maximum absolute atomic E-state index is 14.1. The number of benzene rings is 2. The molecule has 1 unspecified atom stereocenters. The summed E-state index contributed by atoms with van der Waals surface area (Å²) in [7, 11) is 0. The average molecular weight is 422 g/mol. The zero-order chi connectivity index (χ0) is 22.0. The van der Waals surface area contributed by atoms with Crippen LogP contribution < -0.4 is 5.32 Å². The second-order valence-corrected chi connectivity index (χ2v) is 8.27. The van der Waals surface area contributed by atoms with Crippen LogP contribution in [0.5, 0.6) is 0 Å². The summed E-state index contributed by atoms with van der Waals surface area (Å²) in [5.74, 6) is -2.32. The van der Waals surface area contributed by atoms with Crippen molar-refractivity contribution in [1.82, 2.24) is 14.9 Å². The molecule has 0 bridgehead atoms. The fraction of sp³-hybridized carbons (Fsp3) is 0.375. The smallest absolute Gasteiger partial charge is 0.240 e. The van der Waals surface area contributed by atoms with Crippen molar-refractivity contribution in [3.8, 4) is 6.07 Å². The van der Waals surface area contributed by atoms with Crippen LogP contribution in [0.4, 0.5) is 8.78 Å². The summed E-state index contributed by atoms with van der Waals surface area (Å²) in [6.45, 7) is 1.69. The third-order valence-corrected chi connectivity index (χ3v) is 6.25. The van der Waals surface area contributed by atoms with Gasteiger partial charge in [0.2, 0.25) is 5.91 Å². The minimum Gasteiger partial charge on any atom is -0.348 e. The minimum atomic E-state index is -1.01. The van der Waals surface area contributed by atoms with Gasteiger partial charge in [-0.15, -0.1) is 0 Å². The number of nitriles is 1. The van der Waals surface area contributed by atoms with Crippen LogP contribution in [0.1, 0.15) is 56.2 Å². The first kappa shape index (κ1) is 21.0. The van der Waals surface area contributed by atoms with Gasteiger partial charge in [0.15, 0.2) is 11.6 Å². The van der Waals surface area contributed by atoms with Crippen molar-refractivity contribution in [3.63, 3.8) is 0 Å². The molecule has 1 aliphatic rings. The number of carbonyl (C=O) groups is 1. The predicted molar refractivity (Wildman–Crippen MR) is 113 cm³/mol. The molecule has 1 N–H and O–H groups in total. The molecule has 4 rings (SSSR count). The van der Waals surface area contributed by atoms with E-state index in [4.69, 9.17) is 0 Å². The van der Waals surface area contributed by atoms with E-state index in [-0.39, 0.29) is 24.0 Å². The molecule has 31 heavy (non-hydrogen) atoms. The van der Waals surface area contributed by atoms with Gasteiger partial charge in [0.1, 0.15) is 12.1 Å². The molecule has 1 aromatic heterocycles. The Morgan fingerprint density at radius 2 is 1.90 bits per heavy atom. The summed E-state index contributed by atoms with van der Waals surface area (Å²) >= 11 is 0. The summed E-state index contributed by atoms with van der Waals surface area (Å²) in [5.41, 5.74) is 1.80. The normalized spacial score (nSPS) is 16.6. The average Bonchev–Trinajstić information content (AvgIpc) is 3.20. The van der Waals surface area contributed by atoms with Crippen LogP contribution >= 0.6 is 0 Å². The third kappa shape index (κ3) is 4.02. The van der Waals surface area contributed by atoms with Gasteiger partial charge in [-0.1, -0.05) is 43.5 Å². The molecule has 0 radical (unpaired) electrons. The molecule has 1 atom stereocenters. The van der Waals surface area contributed by atoms with Crippen molar-refractivity contribution in [2.75, 3.05) is 0 Å². The molecule has 1 amide bonds. The van der Waals surface area contributed by atoms with E-state index >= 15 is 0 Å². The molecule has 5 nitrogen and oxygen atoms in total. The number of hydrogen-bond donors (Lipinski definition) is 1. The number of nitrogens with one attached hydrogen (secondary N) is 1. The van der Waals surface area contributed by atoms with Gasteiger partial charge in [0.05, 0.1) is 29.4 Å². The van der Waals surface area contributed by atoms with Crippen molar-refractivity contribution < 1.29 is 13.6 Å². The maximum atomic E-state index is 14.1. The Bertz CT molecular complexity index is 1140. The third-order valence-electron chi connectivity index (χ3n) is 6.25. The van der Waals surface area contributed by atoms with E-state index in [1.807, 2.05) is 31.2 Å². The zero-order valence-electron chi connectivity index (χ0n) is 17.4. The van der Waals surface area contributed by atoms with Crippen molar-refractivity contribution in [2.45, 2.75) is 57.0 Å². The van der Waals surface area contributed by atoms with Crippen molar-refractivity contribution >= 4 is 16.9 Å². The van der Waals surface area contributed by atoms with Crippen molar-refractivity contribution in [2.24, 2.45) is 0 Å². The van der Waals surface area contributed by atoms with E-state index in [0.717, 1.165) is 42.9 Å². The summed E-state index contributed by atoms with van der Waals surface area (Å²) in [4.78, 5) is 16.6. The lowest BCUT2D eigenvalue weighted by Crippen LogP contribution is -2.30. The molecule has 0 saturated heterocycles. The fourth-order valence-corrected chi connectivity index (χ4v) is 4.45. The Kier molecular flexibility index (Phi) is 5.73. The Hall–Kier alpha value is -3.27. The molecule has 1 aliphatic carbocycles. The summed E-state index contributed by atoms with van der Waals surface area (Å²) in [6, 6.07) is 12.5. The van der Waals surface area contributed by atoms with Crippen LogP contribution in [0, 0.1) is 23.0 Å². The summed E-state index contributed by atoms with van der Waals surface area (Å²) in [6.07, 6.45) is 6.39. The molecule has 1 heterocycles. The van der Waals surface area contributed by atoms with E-state index in [1.165, 1.54) is 23.4 Å². The Morgan fingerprint density at radius 3 is 2.58 bits per heavy atom. The molecule has 0 spiro atoms. The molecular formula is C24H24F2N4O. The lowest BCUT2D eigenvalue weighted by atomic mass is 9.70. The van der Waals surface area contributed by atoms with Crippen LogP contribution in [0.25, 0.3) is 11.0 Å². The van der Waals surface area contributed by atoms with Crippen LogP contribution in [0.2, 0.25) is 0 Å². The van der Waals surface area contributed by atoms with E-state index in [9.17, 15) is 18.8 Å². The van der Waals surface area contributed by atoms with Crippen LogP contribution in [0.3, 0.4) is 0 Å². The van der Waals surface area contributed by atoms with Gasteiger partial charge in [0.25, 0.3) is 0 Å². The molecule has 7 heteroatoms. The van der Waals surface area contributed by atoms with E-state index in [2.05, 4.69) is 16.4 Å². The Balaban J connectivity index is 1.45. The Labute approximate surface area is 179 Å². The number of halogens is 2. The molecule has 0 aliphatic heterocycles. The van der Waals surface area contributed by atoms with Gasteiger partial charge in [-0.05, 0) is 43.0 Å². The second-order valence-electron chi connectivity index (χ2n) is 8.27. The minimum absolute atomic E-state index is 0.0264. The first-order chi connectivity index (χ1) is 14.9. The highest BCUT2D eigenvalue weighted by molar-refractivity contribution is 5.81. The fourth-order valence-electron chi connectivity index (χ4n) is 4.45. The monoisotopic (exact) mass is 422 g/mol. The van der Waals surface area contributed by atoms with Gasteiger partial charge in [0, 0.05) is 0 Å². The second kappa shape index (κ2) is 8.46. The first-order valence-electron chi connectivity index (χ1n) is 10.5. The van der Waals surface area contributed by atoms with Gasteiger partial charge in [-0.25, -0.2) is 13.8 Å². The number of rotatable bonds is 5. The summed E-state index contributed by atoms with van der Waals surface area (Å²) in [5, 5.41) is 12.6. The Morgan fingerprint density at radius 1 is 1.19 bits per heavy atom. The molecule has 1 saturated carbocycles. The number of fused-ring (bicyclic) bond motifs is 1. The molecule has 160 valence electrons. The quantitative estimate of drug-likeness (QED) is 0.635. The van der Waals surface area contributed by atoms with Crippen molar-refractivity contribution in [3.05, 3.63) is 65.5 Å². The molecule has 1 fully saturated rings. The largest absolute Gasteiger partial charge is 0.348 e. The number of nitrogens with zero attached hydrogens (tertiary/aromatic N) is 3. The number of carbonyl (C=O) groups excluding carboxylic acids is 1. The van der Waals surface area contributed by atoms with Gasteiger partial charge >= 0.3 is 0 Å². The highest BCUT2D eigenvalue weighted by atomic mass is 19.2. The van der Waals surface area contributed by atoms with Crippen molar-refractivity contribution in [1.29, 1.82) is 5.26 Å². The SMILES string of the molecule is CC(NC(=O)Cn1cnc2ccc(F)c(F)c21)c1ccc(C2(C#N)CCCCC2)cc1. The van der Waals surface area contributed by atoms with E-state index in [1.54, 1.807) is 0 Å². The molecular weight excluding hydrogens is 398 g/mol. The lowest BCUT2D eigenvalue weighted by Gasteiger charge is -2.31. The zero-order valence-corrected chi connectivity index (χ0v) is 17.4. The standard InChI is InChI=1S/C24H24F2N4O/c1-16(17-5-7-18(8-6-17)24(14-27)11-3-2-4-12-24)29-21(31)13-30-15-28-20-10-9-19(25)22(26)23(20)30/h5-10,15-16H,2-4,11-13H2,1H3,(H,29,31). The van der Waals surface area contributed by atoms with Crippen LogP contribution in [0.15, 0.2) is 42.7 Å².